The standard InChI is InChI=1S/C10H14F2N2O2.C4H5NO2/c1-2-7(10(13)16)14-5-6(3-8(11)12)4-9(14)15;6-3-1-2-4(7)5-3/h3,6-7H,2,4-5H2,1H3,(H2,13,16);1-2H2,(H,5,6,7)/t6-,7+;/m1./s1. The molecule has 4 amide bonds. The molecule has 2 atom stereocenters. The number of halogens is 2. The molecule has 2 aliphatic heterocycles. The Morgan fingerprint density at radius 3 is 2.26 bits per heavy atom. The topological polar surface area (TPSA) is 110 Å². The molecule has 0 aromatic rings. The van der Waals surface area contributed by atoms with Gasteiger partial charge in [0.1, 0.15) is 6.04 Å². The third kappa shape index (κ3) is 5.76. The van der Waals surface area contributed by atoms with E-state index >= 15 is 0 Å². The Hall–Kier alpha value is -2.32. The van der Waals surface area contributed by atoms with Crippen molar-refractivity contribution in [1.82, 2.24) is 10.2 Å². The van der Waals surface area contributed by atoms with Gasteiger partial charge in [0.05, 0.1) is 0 Å². The van der Waals surface area contributed by atoms with Crippen LogP contribution in [0.4, 0.5) is 8.78 Å². The normalized spacial score (nSPS) is 21.4. The SMILES string of the molecule is CC[C@@H](C(N)=O)N1C[C@H](C=C(F)F)CC1=O.O=C1CCC(=O)N1. The summed E-state index contributed by atoms with van der Waals surface area (Å²) in [6, 6.07) is -0.687. The molecule has 128 valence electrons. The van der Waals surface area contributed by atoms with Gasteiger partial charge in [0.2, 0.25) is 23.6 Å². The molecule has 2 saturated heterocycles. The highest BCUT2D eigenvalue weighted by Crippen LogP contribution is 2.23. The fourth-order valence-corrected chi connectivity index (χ4v) is 2.43. The van der Waals surface area contributed by atoms with Crippen molar-refractivity contribution >= 4 is 23.6 Å². The van der Waals surface area contributed by atoms with Gasteiger partial charge < -0.3 is 10.6 Å². The van der Waals surface area contributed by atoms with E-state index in [1.807, 2.05) is 0 Å². The van der Waals surface area contributed by atoms with E-state index in [0.29, 0.717) is 19.3 Å². The molecule has 9 heteroatoms. The molecule has 0 aromatic heterocycles. The van der Waals surface area contributed by atoms with Gasteiger partial charge in [-0.25, -0.2) is 0 Å². The lowest BCUT2D eigenvalue weighted by atomic mass is 10.1. The fraction of sp³-hybridized carbons (Fsp3) is 0.571. The molecule has 0 radical (unpaired) electrons. The molecule has 2 rings (SSSR count). The molecule has 0 aliphatic carbocycles. The molecule has 0 saturated carbocycles. The summed E-state index contributed by atoms with van der Waals surface area (Å²) in [6.45, 7) is 1.86. The Labute approximate surface area is 131 Å². The summed E-state index contributed by atoms with van der Waals surface area (Å²) in [4.78, 5) is 44.1. The van der Waals surface area contributed by atoms with Gasteiger partial charge in [-0.05, 0) is 12.5 Å². The van der Waals surface area contributed by atoms with E-state index in [1.165, 1.54) is 4.90 Å². The van der Waals surface area contributed by atoms with Crippen LogP contribution in [0.2, 0.25) is 0 Å². The van der Waals surface area contributed by atoms with Gasteiger partial charge in [0.25, 0.3) is 6.08 Å². The predicted octanol–water partition coefficient (Wildman–Crippen LogP) is 0.302. The van der Waals surface area contributed by atoms with Crippen LogP contribution in [-0.4, -0.2) is 41.1 Å². The molecular formula is C14H19F2N3O4. The average Bonchev–Trinajstić information content (AvgIpc) is 2.96. The summed E-state index contributed by atoms with van der Waals surface area (Å²) in [5.41, 5.74) is 5.14. The van der Waals surface area contributed by atoms with Crippen LogP contribution in [0.1, 0.15) is 32.6 Å². The van der Waals surface area contributed by atoms with Gasteiger partial charge in [0, 0.05) is 31.7 Å². The minimum Gasteiger partial charge on any atom is -0.368 e. The van der Waals surface area contributed by atoms with Gasteiger partial charge in [-0.1, -0.05) is 6.92 Å². The zero-order valence-corrected chi connectivity index (χ0v) is 12.7. The molecule has 2 fully saturated rings. The highest BCUT2D eigenvalue weighted by Gasteiger charge is 2.35. The van der Waals surface area contributed by atoms with Crippen LogP contribution in [-0.2, 0) is 19.2 Å². The van der Waals surface area contributed by atoms with Crippen molar-refractivity contribution in [1.29, 1.82) is 0 Å². The molecular weight excluding hydrogens is 312 g/mol. The first-order chi connectivity index (χ1) is 10.7. The number of primary amides is 1. The van der Waals surface area contributed by atoms with Gasteiger partial charge in [-0.15, -0.1) is 0 Å². The molecule has 0 unspecified atom stereocenters. The van der Waals surface area contributed by atoms with E-state index in [2.05, 4.69) is 5.32 Å². The molecule has 2 aliphatic rings. The average molecular weight is 331 g/mol. The van der Waals surface area contributed by atoms with E-state index in [-0.39, 0.29) is 30.7 Å². The van der Waals surface area contributed by atoms with Crippen LogP contribution in [0.25, 0.3) is 0 Å². The predicted molar refractivity (Wildman–Crippen MR) is 75.8 cm³/mol. The quantitative estimate of drug-likeness (QED) is 0.722. The first-order valence-corrected chi connectivity index (χ1v) is 7.18. The summed E-state index contributed by atoms with van der Waals surface area (Å²) in [6.07, 6.45) is 0.117. The van der Waals surface area contributed by atoms with Gasteiger partial charge in [-0.3, -0.25) is 24.5 Å². The maximum absolute atomic E-state index is 12.0. The summed E-state index contributed by atoms with van der Waals surface area (Å²) >= 11 is 0. The maximum Gasteiger partial charge on any atom is 0.266 e. The van der Waals surface area contributed by atoms with Crippen LogP contribution >= 0.6 is 0 Å². The highest BCUT2D eigenvalue weighted by atomic mass is 19.3. The van der Waals surface area contributed by atoms with Crippen molar-refractivity contribution in [3.05, 3.63) is 12.2 Å². The second-order valence-electron chi connectivity index (χ2n) is 5.26. The van der Waals surface area contributed by atoms with Gasteiger partial charge in [0.15, 0.2) is 0 Å². The van der Waals surface area contributed by atoms with Crippen LogP contribution in [0.5, 0.6) is 0 Å². The second kappa shape index (κ2) is 8.35. The summed E-state index contributed by atoms with van der Waals surface area (Å²) < 4.78 is 24.0. The number of likely N-dealkylation sites (tertiary alicyclic amines) is 1. The number of carbonyl (C=O) groups excluding carboxylic acids is 4. The molecule has 0 spiro atoms. The summed E-state index contributed by atoms with van der Waals surface area (Å²) in [5, 5.41) is 2.14. The fourth-order valence-electron chi connectivity index (χ4n) is 2.43. The van der Waals surface area contributed by atoms with E-state index in [0.717, 1.165) is 6.08 Å². The number of imide groups is 1. The first-order valence-electron chi connectivity index (χ1n) is 7.18. The Bertz CT molecular complexity index is 518. The van der Waals surface area contributed by atoms with Crippen LogP contribution in [0.15, 0.2) is 12.2 Å². The lowest BCUT2D eigenvalue weighted by Gasteiger charge is -2.23. The number of hydrogen-bond donors (Lipinski definition) is 2. The monoisotopic (exact) mass is 331 g/mol. The number of hydrogen-bond acceptors (Lipinski definition) is 4. The van der Waals surface area contributed by atoms with Crippen molar-refractivity contribution in [3.8, 4) is 0 Å². The van der Waals surface area contributed by atoms with E-state index < -0.39 is 23.9 Å². The van der Waals surface area contributed by atoms with E-state index in [4.69, 9.17) is 5.73 Å². The third-order valence-corrected chi connectivity index (χ3v) is 3.50. The number of amides is 4. The largest absolute Gasteiger partial charge is 0.368 e. The zero-order chi connectivity index (χ0) is 17.6. The van der Waals surface area contributed by atoms with Crippen LogP contribution < -0.4 is 11.1 Å². The minimum absolute atomic E-state index is 0.0150. The summed E-state index contributed by atoms with van der Waals surface area (Å²) in [7, 11) is 0. The van der Waals surface area contributed by atoms with Gasteiger partial charge in [-0.2, -0.15) is 8.78 Å². The van der Waals surface area contributed by atoms with E-state index in [9.17, 15) is 28.0 Å². The van der Waals surface area contributed by atoms with Crippen molar-refractivity contribution < 1.29 is 28.0 Å². The van der Waals surface area contributed by atoms with Crippen molar-refractivity contribution in [2.75, 3.05) is 6.54 Å². The molecule has 0 aromatic carbocycles. The lowest BCUT2D eigenvalue weighted by Crippen LogP contribution is -2.45. The Morgan fingerprint density at radius 1 is 1.35 bits per heavy atom. The molecule has 23 heavy (non-hydrogen) atoms. The van der Waals surface area contributed by atoms with Crippen molar-refractivity contribution in [2.45, 2.75) is 38.6 Å². The number of rotatable bonds is 4. The number of nitrogens with one attached hydrogen (secondary N) is 1. The minimum atomic E-state index is -1.80. The molecule has 3 N–H and O–H groups in total. The van der Waals surface area contributed by atoms with E-state index in [1.54, 1.807) is 6.92 Å². The Kier molecular flexibility index (Phi) is 6.80. The van der Waals surface area contributed by atoms with Crippen LogP contribution in [0, 0.1) is 5.92 Å². The smallest absolute Gasteiger partial charge is 0.266 e. The molecule has 7 nitrogen and oxygen atoms in total. The Balaban J connectivity index is 0.000000313. The first kappa shape index (κ1) is 18.7. The number of nitrogens with zero attached hydrogens (tertiary/aromatic N) is 1. The second-order valence-corrected chi connectivity index (χ2v) is 5.26. The molecule has 0 bridgehead atoms. The highest BCUT2D eigenvalue weighted by molar-refractivity contribution is 6.01. The number of carbonyl (C=O) groups is 4. The Morgan fingerprint density at radius 2 is 1.91 bits per heavy atom. The van der Waals surface area contributed by atoms with Crippen molar-refractivity contribution in [2.24, 2.45) is 11.7 Å². The zero-order valence-electron chi connectivity index (χ0n) is 12.7. The lowest BCUT2D eigenvalue weighted by molar-refractivity contribution is -0.136. The molecule has 2 heterocycles. The summed E-state index contributed by atoms with van der Waals surface area (Å²) in [5.74, 6) is -1.71. The third-order valence-electron chi connectivity index (χ3n) is 3.50. The van der Waals surface area contributed by atoms with Crippen molar-refractivity contribution in [3.63, 3.8) is 0 Å². The number of nitrogens with two attached hydrogens (primary N) is 1. The van der Waals surface area contributed by atoms with Crippen LogP contribution in [0.3, 0.4) is 0 Å². The maximum atomic E-state index is 12.0. The van der Waals surface area contributed by atoms with Gasteiger partial charge >= 0.3 is 0 Å².